The molecular formula is C51H33NS2. The Morgan fingerprint density at radius 3 is 1.85 bits per heavy atom. The number of nitrogens with zero attached hydrogens (tertiary/aromatic N) is 1. The van der Waals surface area contributed by atoms with Crippen molar-refractivity contribution >= 4 is 84.8 Å². The number of rotatable bonds is 3. The van der Waals surface area contributed by atoms with Gasteiger partial charge in [-0.15, -0.1) is 22.7 Å². The molecule has 0 unspecified atom stereocenters. The number of aromatic nitrogens is 1. The standard InChI is InChI=1S/C51H33NS2/c1-51(2)42-23-22-38-36-12-6-9-15-47(36)54-50(38)49(42)39-21-17-32(28-43(39)51)33-16-20-35-40-26-30(18-24-44(40)52(45(35)29-33)34-10-4-3-5-11-34)31-19-25-48-41(27-31)37-13-7-8-14-46(37)53-48/h3-29H,1-2H3. The molecule has 0 aliphatic heterocycles. The summed E-state index contributed by atoms with van der Waals surface area (Å²) in [6.45, 7) is 4.79. The molecule has 1 aliphatic rings. The lowest BCUT2D eigenvalue weighted by Gasteiger charge is -2.22. The van der Waals surface area contributed by atoms with Gasteiger partial charge in [0.2, 0.25) is 0 Å². The molecule has 0 fully saturated rings. The first-order valence-electron chi connectivity index (χ1n) is 18.7. The van der Waals surface area contributed by atoms with Gasteiger partial charge < -0.3 is 4.57 Å². The third kappa shape index (κ3) is 4.20. The predicted octanol–water partition coefficient (Wildman–Crippen LogP) is 15.2. The normalized spacial score (nSPS) is 13.5. The molecule has 0 saturated carbocycles. The molecule has 1 nitrogen and oxygen atoms in total. The molecule has 0 N–H and O–H groups in total. The van der Waals surface area contributed by atoms with E-state index in [1.165, 1.54) is 112 Å². The van der Waals surface area contributed by atoms with E-state index in [9.17, 15) is 0 Å². The third-order valence-electron chi connectivity index (χ3n) is 12.0. The Balaban J connectivity index is 1.03. The summed E-state index contributed by atoms with van der Waals surface area (Å²) in [5, 5.41) is 7.92. The second kappa shape index (κ2) is 11.0. The molecule has 12 rings (SSSR count). The van der Waals surface area contributed by atoms with Crippen LogP contribution in [0.4, 0.5) is 0 Å². The first-order valence-corrected chi connectivity index (χ1v) is 20.3. The van der Waals surface area contributed by atoms with Crippen molar-refractivity contribution in [1.82, 2.24) is 4.57 Å². The van der Waals surface area contributed by atoms with Crippen molar-refractivity contribution in [3.63, 3.8) is 0 Å². The quantitative estimate of drug-likeness (QED) is 0.171. The van der Waals surface area contributed by atoms with Gasteiger partial charge in [0.1, 0.15) is 0 Å². The minimum Gasteiger partial charge on any atom is -0.309 e. The van der Waals surface area contributed by atoms with Crippen LogP contribution >= 0.6 is 22.7 Å². The van der Waals surface area contributed by atoms with Crippen molar-refractivity contribution in [1.29, 1.82) is 0 Å². The predicted molar refractivity (Wildman–Crippen MR) is 235 cm³/mol. The number of hydrogen-bond acceptors (Lipinski definition) is 2. The van der Waals surface area contributed by atoms with Gasteiger partial charge in [0.05, 0.1) is 11.0 Å². The number of hydrogen-bond donors (Lipinski definition) is 0. The van der Waals surface area contributed by atoms with Crippen molar-refractivity contribution in [2.24, 2.45) is 0 Å². The zero-order chi connectivity index (χ0) is 35.7. The highest BCUT2D eigenvalue weighted by molar-refractivity contribution is 7.26. The van der Waals surface area contributed by atoms with Crippen LogP contribution in [0.3, 0.4) is 0 Å². The van der Waals surface area contributed by atoms with Gasteiger partial charge in [0.25, 0.3) is 0 Å². The Hall–Kier alpha value is -6.00. The van der Waals surface area contributed by atoms with Crippen LogP contribution in [0.25, 0.3) is 101 Å². The van der Waals surface area contributed by atoms with Crippen molar-refractivity contribution in [2.75, 3.05) is 0 Å². The lowest BCUT2D eigenvalue weighted by molar-refractivity contribution is 0.661. The number of fused-ring (bicyclic) bond motifs is 13. The average molecular weight is 724 g/mol. The highest BCUT2D eigenvalue weighted by Crippen LogP contribution is 2.54. The maximum atomic E-state index is 2.47. The molecule has 1 aliphatic carbocycles. The SMILES string of the molecule is CC1(C)c2cc(-c3ccc4c5cc(-c6ccc7sc8ccccc8c7c6)ccc5n(-c5ccccc5)c4c3)ccc2-c2c1ccc1c2sc2ccccc21. The Morgan fingerprint density at radius 1 is 0.407 bits per heavy atom. The van der Waals surface area contributed by atoms with Crippen LogP contribution in [0.2, 0.25) is 0 Å². The van der Waals surface area contributed by atoms with Crippen LogP contribution in [0.1, 0.15) is 25.0 Å². The van der Waals surface area contributed by atoms with Gasteiger partial charge in [-0.05, 0) is 99.6 Å². The summed E-state index contributed by atoms with van der Waals surface area (Å²) in [6.07, 6.45) is 0. The summed E-state index contributed by atoms with van der Waals surface area (Å²) in [4.78, 5) is 0. The van der Waals surface area contributed by atoms with Gasteiger partial charge in [-0.3, -0.25) is 0 Å². The minimum absolute atomic E-state index is 0.0944. The minimum atomic E-state index is -0.0944. The summed E-state index contributed by atoms with van der Waals surface area (Å²) in [6, 6.07) is 61.4. The molecule has 0 radical (unpaired) electrons. The fourth-order valence-electron chi connectivity index (χ4n) is 9.32. The third-order valence-corrected chi connectivity index (χ3v) is 14.4. The summed E-state index contributed by atoms with van der Waals surface area (Å²) in [5.74, 6) is 0. The van der Waals surface area contributed by atoms with E-state index in [4.69, 9.17) is 0 Å². The van der Waals surface area contributed by atoms with Crippen LogP contribution in [0.15, 0.2) is 164 Å². The molecule has 8 aromatic carbocycles. The van der Waals surface area contributed by atoms with E-state index >= 15 is 0 Å². The first-order chi connectivity index (χ1) is 26.5. The fraction of sp³-hybridized carbons (Fsp3) is 0.0588. The smallest absolute Gasteiger partial charge is 0.0547 e. The Labute approximate surface area is 321 Å². The number of para-hydroxylation sites is 1. The topological polar surface area (TPSA) is 4.93 Å². The average Bonchev–Trinajstić information content (AvgIpc) is 3.94. The molecule has 3 heteroatoms. The van der Waals surface area contributed by atoms with E-state index in [0.29, 0.717) is 0 Å². The summed E-state index contributed by atoms with van der Waals surface area (Å²) in [5.41, 5.74) is 14.1. The Kier molecular flexibility index (Phi) is 6.22. The van der Waals surface area contributed by atoms with Gasteiger partial charge in [0, 0.05) is 67.8 Å². The van der Waals surface area contributed by atoms with E-state index in [1.807, 2.05) is 22.7 Å². The molecule has 0 atom stereocenters. The number of benzene rings is 8. The fourth-order valence-corrected chi connectivity index (χ4v) is 11.7. The highest BCUT2D eigenvalue weighted by Gasteiger charge is 2.37. The van der Waals surface area contributed by atoms with E-state index < -0.39 is 0 Å². The summed E-state index contributed by atoms with van der Waals surface area (Å²) < 4.78 is 7.88. The monoisotopic (exact) mass is 723 g/mol. The zero-order valence-corrected chi connectivity index (χ0v) is 31.5. The van der Waals surface area contributed by atoms with Crippen LogP contribution < -0.4 is 0 Å². The molecule has 0 amide bonds. The molecule has 0 bridgehead atoms. The van der Waals surface area contributed by atoms with Gasteiger partial charge in [-0.25, -0.2) is 0 Å². The van der Waals surface area contributed by atoms with Gasteiger partial charge in [-0.2, -0.15) is 0 Å². The van der Waals surface area contributed by atoms with Crippen LogP contribution in [0.5, 0.6) is 0 Å². The van der Waals surface area contributed by atoms with Crippen molar-refractivity contribution in [2.45, 2.75) is 19.3 Å². The molecule has 54 heavy (non-hydrogen) atoms. The van der Waals surface area contributed by atoms with Crippen molar-refractivity contribution in [3.8, 4) is 39.1 Å². The largest absolute Gasteiger partial charge is 0.309 e. The van der Waals surface area contributed by atoms with Crippen LogP contribution in [-0.2, 0) is 5.41 Å². The number of thiophene rings is 2. The zero-order valence-electron chi connectivity index (χ0n) is 29.9. The van der Waals surface area contributed by atoms with Crippen LogP contribution in [-0.4, -0.2) is 4.57 Å². The van der Waals surface area contributed by atoms with Crippen molar-refractivity contribution in [3.05, 3.63) is 175 Å². The summed E-state index contributed by atoms with van der Waals surface area (Å²) in [7, 11) is 0. The second-order valence-corrected chi connectivity index (χ2v) is 17.4. The maximum absolute atomic E-state index is 2.47. The maximum Gasteiger partial charge on any atom is 0.0547 e. The van der Waals surface area contributed by atoms with Crippen molar-refractivity contribution < 1.29 is 0 Å². The molecule has 0 saturated heterocycles. The molecule has 0 spiro atoms. The van der Waals surface area contributed by atoms with Crippen LogP contribution in [0, 0.1) is 0 Å². The van der Waals surface area contributed by atoms with Gasteiger partial charge in [-0.1, -0.05) is 117 Å². The van der Waals surface area contributed by atoms with Gasteiger partial charge in [0.15, 0.2) is 0 Å². The molecule has 11 aromatic rings. The first kappa shape index (κ1) is 30.5. The Morgan fingerprint density at radius 2 is 1.02 bits per heavy atom. The van der Waals surface area contributed by atoms with Gasteiger partial charge >= 0.3 is 0 Å². The molecule has 254 valence electrons. The summed E-state index contributed by atoms with van der Waals surface area (Å²) >= 11 is 3.80. The van der Waals surface area contributed by atoms with E-state index in [-0.39, 0.29) is 5.41 Å². The Bertz CT molecular complexity index is 3350. The molecular weight excluding hydrogens is 691 g/mol. The van der Waals surface area contributed by atoms with E-state index in [1.54, 1.807) is 0 Å². The lowest BCUT2D eigenvalue weighted by Crippen LogP contribution is -2.14. The second-order valence-electron chi connectivity index (χ2n) is 15.3. The molecule has 3 heterocycles. The van der Waals surface area contributed by atoms with E-state index in [0.717, 1.165) is 0 Å². The highest BCUT2D eigenvalue weighted by atomic mass is 32.1. The lowest BCUT2D eigenvalue weighted by atomic mass is 9.81. The molecule has 3 aromatic heterocycles. The van der Waals surface area contributed by atoms with E-state index in [2.05, 4.69) is 182 Å².